The molecule has 2 nitrogen and oxygen atoms in total. The smallest absolute Gasteiger partial charge is 0.170 e. The number of unbranched alkanes of at least 4 members (excludes halogenated alkanes) is 12. The summed E-state index contributed by atoms with van der Waals surface area (Å²) in [5, 5.41) is 7.22. The minimum atomic E-state index is 0.721. The number of benzene rings is 1. The summed E-state index contributed by atoms with van der Waals surface area (Å²) in [6.07, 6.45) is 23.6. The normalized spacial score (nSPS) is 11.0. The van der Waals surface area contributed by atoms with Gasteiger partial charge in [-0.2, -0.15) is 0 Å². The van der Waals surface area contributed by atoms with Crippen LogP contribution in [-0.2, 0) is 0 Å². The highest BCUT2D eigenvalue weighted by atomic mass is 32.1. The van der Waals surface area contributed by atoms with Crippen molar-refractivity contribution >= 4 is 23.0 Å². The van der Waals surface area contributed by atoms with Crippen LogP contribution in [0.5, 0.6) is 0 Å². The van der Waals surface area contributed by atoms with Gasteiger partial charge in [-0.25, -0.2) is 0 Å². The lowest BCUT2D eigenvalue weighted by Gasteiger charge is -2.10. The fourth-order valence-corrected chi connectivity index (χ4v) is 3.49. The molecule has 1 aromatic carbocycles. The van der Waals surface area contributed by atoms with Gasteiger partial charge in [-0.1, -0.05) is 95.1 Å². The predicted octanol–water partition coefficient (Wildman–Crippen LogP) is 8.01. The monoisotopic (exact) mass is 402 g/mol. The highest BCUT2D eigenvalue weighted by Crippen LogP contribution is 2.10. The van der Waals surface area contributed by atoms with Crippen molar-refractivity contribution in [2.45, 2.75) is 96.8 Å². The number of para-hydroxylation sites is 1. The van der Waals surface area contributed by atoms with Crippen LogP contribution in [-0.4, -0.2) is 11.7 Å². The van der Waals surface area contributed by atoms with Gasteiger partial charge in [0.1, 0.15) is 0 Å². The van der Waals surface area contributed by atoms with Crippen molar-refractivity contribution in [3.05, 3.63) is 42.5 Å². The van der Waals surface area contributed by atoms with E-state index in [-0.39, 0.29) is 0 Å². The van der Waals surface area contributed by atoms with E-state index in [0.717, 1.165) is 17.3 Å². The Bertz CT molecular complexity index is 499. The maximum Gasteiger partial charge on any atom is 0.170 e. The maximum absolute atomic E-state index is 5.32. The molecule has 0 bridgehead atoms. The molecule has 158 valence electrons. The van der Waals surface area contributed by atoms with E-state index in [2.05, 4.69) is 29.7 Å². The van der Waals surface area contributed by atoms with E-state index in [1.807, 2.05) is 30.3 Å². The van der Waals surface area contributed by atoms with Crippen LogP contribution in [0.2, 0.25) is 0 Å². The Kier molecular flexibility index (Phi) is 16.7. The Morgan fingerprint density at radius 2 is 1.29 bits per heavy atom. The summed E-state index contributed by atoms with van der Waals surface area (Å²) >= 11 is 5.32. The van der Waals surface area contributed by atoms with E-state index in [1.165, 1.54) is 89.9 Å². The molecule has 0 radical (unpaired) electrons. The van der Waals surface area contributed by atoms with Crippen molar-refractivity contribution in [2.24, 2.45) is 0 Å². The van der Waals surface area contributed by atoms with E-state index >= 15 is 0 Å². The number of allylic oxidation sites excluding steroid dienone is 2. The van der Waals surface area contributed by atoms with Gasteiger partial charge in [-0.15, -0.1) is 0 Å². The summed E-state index contributed by atoms with van der Waals surface area (Å²) in [7, 11) is 0. The lowest BCUT2D eigenvalue weighted by atomic mass is 10.1. The van der Waals surface area contributed by atoms with E-state index in [9.17, 15) is 0 Å². The van der Waals surface area contributed by atoms with Gasteiger partial charge in [-0.05, 0) is 56.5 Å². The number of hydrogen-bond acceptors (Lipinski definition) is 1. The number of rotatable bonds is 17. The Morgan fingerprint density at radius 1 is 0.750 bits per heavy atom. The van der Waals surface area contributed by atoms with Crippen LogP contribution < -0.4 is 10.6 Å². The van der Waals surface area contributed by atoms with Crippen molar-refractivity contribution in [3.8, 4) is 0 Å². The van der Waals surface area contributed by atoms with Crippen LogP contribution in [0.15, 0.2) is 42.5 Å². The van der Waals surface area contributed by atoms with E-state index < -0.39 is 0 Å². The Hall–Kier alpha value is -1.35. The SMILES string of the molecule is CCCCCCCC/C=C\CCCCCCCCNC(=S)Nc1ccccc1. The summed E-state index contributed by atoms with van der Waals surface area (Å²) in [6, 6.07) is 10.1. The van der Waals surface area contributed by atoms with Crippen LogP contribution in [0, 0.1) is 0 Å². The summed E-state index contributed by atoms with van der Waals surface area (Å²) in [5.74, 6) is 0. The Morgan fingerprint density at radius 3 is 1.89 bits per heavy atom. The number of hydrogen-bond donors (Lipinski definition) is 2. The molecule has 1 aromatic rings. The minimum Gasteiger partial charge on any atom is -0.362 e. The fourth-order valence-electron chi connectivity index (χ4n) is 3.27. The zero-order valence-electron chi connectivity index (χ0n) is 18.1. The largest absolute Gasteiger partial charge is 0.362 e. The average Bonchev–Trinajstić information content (AvgIpc) is 2.71. The number of nitrogens with one attached hydrogen (secondary N) is 2. The molecule has 0 heterocycles. The molecule has 0 fully saturated rings. The van der Waals surface area contributed by atoms with Crippen LogP contribution in [0.1, 0.15) is 96.8 Å². The molecule has 0 aliphatic rings. The fraction of sp³-hybridized carbons (Fsp3) is 0.640. The van der Waals surface area contributed by atoms with Gasteiger partial charge in [0.05, 0.1) is 0 Å². The lowest BCUT2D eigenvalue weighted by Crippen LogP contribution is -2.29. The van der Waals surface area contributed by atoms with Crippen molar-refractivity contribution in [1.82, 2.24) is 5.32 Å². The zero-order valence-corrected chi connectivity index (χ0v) is 18.9. The van der Waals surface area contributed by atoms with Gasteiger partial charge in [0.2, 0.25) is 0 Å². The van der Waals surface area contributed by atoms with E-state index in [4.69, 9.17) is 12.2 Å². The Balaban J connectivity index is 1.79. The predicted molar refractivity (Wildman–Crippen MR) is 130 cm³/mol. The standard InChI is InChI=1S/C25H42N2S/c1-2-3-4-5-6-7-8-9-10-11-12-13-14-15-16-20-23-26-25(28)27-24-21-18-17-19-22-24/h9-10,17-19,21-22H,2-8,11-16,20,23H2,1H3,(H2,26,27,28)/b10-9-. The topological polar surface area (TPSA) is 24.1 Å². The van der Waals surface area contributed by atoms with Gasteiger partial charge in [0.25, 0.3) is 0 Å². The molecular formula is C25H42N2S. The Labute approximate surface area is 179 Å². The van der Waals surface area contributed by atoms with Crippen LogP contribution in [0.25, 0.3) is 0 Å². The highest BCUT2D eigenvalue weighted by molar-refractivity contribution is 7.80. The third kappa shape index (κ3) is 15.7. The average molecular weight is 403 g/mol. The van der Waals surface area contributed by atoms with Gasteiger partial charge >= 0.3 is 0 Å². The molecule has 0 saturated carbocycles. The molecule has 0 atom stereocenters. The number of thiocarbonyl (C=S) groups is 1. The second kappa shape index (κ2) is 19.0. The molecular weight excluding hydrogens is 360 g/mol. The minimum absolute atomic E-state index is 0.721. The third-order valence-corrected chi connectivity index (χ3v) is 5.25. The second-order valence-corrected chi connectivity index (χ2v) is 8.09. The van der Waals surface area contributed by atoms with Crippen molar-refractivity contribution in [2.75, 3.05) is 11.9 Å². The first kappa shape index (κ1) is 24.7. The molecule has 0 spiro atoms. The molecule has 3 heteroatoms. The van der Waals surface area contributed by atoms with Crippen LogP contribution in [0.3, 0.4) is 0 Å². The first-order valence-electron chi connectivity index (χ1n) is 11.6. The molecule has 0 saturated heterocycles. The molecule has 0 amide bonds. The van der Waals surface area contributed by atoms with E-state index in [1.54, 1.807) is 0 Å². The van der Waals surface area contributed by atoms with Gasteiger partial charge in [0, 0.05) is 12.2 Å². The van der Waals surface area contributed by atoms with Crippen LogP contribution in [0.4, 0.5) is 5.69 Å². The quantitative estimate of drug-likeness (QED) is 0.157. The van der Waals surface area contributed by atoms with Crippen molar-refractivity contribution in [3.63, 3.8) is 0 Å². The summed E-state index contributed by atoms with van der Waals surface area (Å²) < 4.78 is 0. The molecule has 0 aliphatic carbocycles. The van der Waals surface area contributed by atoms with Gasteiger partial charge in [0.15, 0.2) is 5.11 Å². The molecule has 0 unspecified atom stereocenters. The van der Waals surface area contributed by atoms with Crippen molar-refractivity contribution < 1.29 is 0 Å². The molecule has 2 N–H and O–H groups in total. The second-order valence-electron chi connectivity index (χ2n) is 7.68. The molecule has 0 aliphatic heterocycles. The van der Waals surface area contributed by atoms with Crippen molar-refractivity contribution in [1.29, 1.82) is 0 Å². The maximum atomic E-state index is 5.32. The number of anilines is 1. The first-order valence-corrected chi connectivity index (χ1v) is 12.0. The zero-order chi connectivity index (χ0) is 20.1. The molecule has 1 rings (SSSR count). The lowest BCUT2D eigenvalue weighted by molar-refractivity contribution is 0.592. The summed E-state index contributed by atoms with van der Waals surface area (Å²) in [6.45, 7) is 3.24. The summed E-state index contributed by atoms with van der Waals surface area (Å²) in [4.78, 5) is 0. The van der Waals surface area contributed by atoms with Gasteiger partial charge in [-0.3, -0.25) is 0 Å². The highest BCUT2D eigenvalue weighted by Gasteiger charge is 1.96. The summed E-state index contributed by atoms with van der Waals surface area (Å²) in [5.41, 5.74) is 1.04. The molecule has 28 heavy (non-hydrogen) atoms. The van der Waals surface area contributed by atoms with Gasteiger partial charge < -0.3 is 10.6 Å². The first-order chi connectivity index (χ1) is 13.8. The molecule has 0 aromatic heterocycles. The third-order valence-electron chi connectivity index (χ3n) is 5.01. The van der Waals surface area contributed by atoms with Crippen LogP contribution >= 0.6 is 12.2 Å². The van der Waals surface area contributed by atoms with E-state index in [0.29, 0.717) is 0 Å².